The molecule has 3 aliphatic rings. The molecule has 1 saturated carbocycles. The number of pyridine rings is 2. The Bertz CT molecular complexity index is 1600. The number of fused-ring (bicyclic) bond motifs is 1. The van der Waals surface area contributed by atoms with E-state index in [9.17, 15) is 4.79 Å². The molecule has 7 nitrogen and oxygen atoms in total. The maximum atomic E-state index is 14.1. The fourth-order valence-corrected chi connectivity index (χ4v) is 7.52. The van der Waals surface area contributed by atoms with E-state index in [1.165, 1.54) is 49.0 Å². The molecule has 0 amide bonds. The summed E-state index contributed by atoms with van der Waals surface area (Å²) in [4.78, 5) is 28.4. The Balaban J connectivity index is 1.23. The second-order valence-corrected chi connectivity index (χ2v) is 13.1. The maximum Gasteiger partial charge on any atom is 0.261 e. The van der Waals surface area contributed by atoms with Crippen LogP contribution < -0.4 is 10.9 Å². The van der Waals surface area contributed by atoms with E-state index in [1.54, 1.807) is 0 Å². The number of nitrogens with one attached hydrogen (secondary N) is 1. The zero-order chi connectivity index (χ0) is 27.8. The highest BCUT2D eigenvalue weighted by atomic mass is 32.2. The number of anilines is 2. The quantitative estimate of drug-likeness (QED) is 0.254. The Hall–Kier alpha value is -3.23. The molecule has 3 aromatic heterocycles. The Morgan fingerprint density at radius 3 is 2.54 bits per heavy atom. The molecule has 7 rings (SSSR count). The second-order valence-electron chi connectivity index (χ2n) is 11.8. The van der Waals surface area contributed by atoms with Crippen molar-refractivity contribution < 1.29 is 4.74 Å². The van der Waals surface area contributed by atoms with Gasteiger partial charge in [-0.1, -0.05) is 24.6 Å². The first-order valence-electron chi connectivity index (χ1n) is 15.1. The third-order valence-electron chi connectivity index (χ3n) is 8.73. The van der Waals surface area contributed by atoms with E-state index in [4.69, 9.17) is 14.7 Å². The first-order chi connectivity index (χ1) is 20.1. The number of ether oxygens (including phenoxy) is 1. The van der Waals surface area contributed by atoms with Crippen LogP contribution in [0.25, 0.3) is 22.3 Å². The number of rotatable bonds is 7. The molecule has 4 aromatic rings. The van der Waals surface area contributed by atoms with Crippen LogP contribution in [0.15, 0.2) is 53.6 Å². The molecule has 1 unspecified atom stereocenters. The minimum atomic E-state index is -0.0438. The van der Waals surface area contributed by atoms with Crippen LogP contribution in [0, 0.1) is 12.8 Å². The molecule has 5 heterocycles. The van der Waals surface area contributed by atoms with Crippen LogP contribution in [0.3, 0.4) is 0 Å². The van der Waals surface area contributed by atoms with Crippen molar-refractivity contribution in [2.75, 3.05) is 24.3 Å². The number of hydrogen-bond acceptors (Lipinski definition) is 7. The average molecular weight is 568 g/mol. The average Bonchev–Trinajstić information content (AvgIpc) is 3.86. The molecule has 1 atom stereocenters. The Morgan fingerprint density at radius 1 is 0.976 bits per heavy atom. The van der Waals surface area contributed by atoms with Crippen molar-refractivity contribution in [3.05, 3.63) is 75.8 Å². The van der Waals surface area contributed by atoms with E-state index in [1.807, 2.05) is 23.0 Å². The molecule has 2 saturated heterocycles. The minimum absolute atomic E-state index is 0.0438. The highest BCUT2D eigenvalue weighted by Gasteiger charge is 2.25. The standard InChI is InChI=1S/C33H37N5O2S/c1-21-16-25(23-5-6-23)18-34-30(21)28-17-26-19-35-33(36-27-9-7-24(8-10-27)29-4-2-3-15-41-29)37-31(26)38(32(28)39)20-22-11-13-40-14-12-22/h7-10,16-19,22-23,29H,2-6,11-15,20H2,1H3,(H,35,36,37). The molecule has 0 radical (unpaired) electrons. The first kappa shape index (κ1) is 26.7. The summed E-state index contributed by atoms with van der Waals surface area (Å²) >= 11 is 2.06. The lowest BCUT2D eigenvalue weighted by atomic mass is 9.99. The van der Waals surface area contributed by atoms with Crippen molar-refractivity contribution in [1.29, 1.82) is 0 Å². The molecular weight excluding hydrogens is 530 g/mol. The van der Waals surface area contributed by atoms with Crippen LogP contribution in [0.5, 0.6) is 0 Å². The highest BCUT2D eigenvalue weighted by molar-refractivity contribution is 7.99. The molecule has 1 aliphatic carbocycles. The number of nitrogens with zero attached hydrogens (tertiary/aromatic N) is 4. The van der Waals surface area contributed by atoms with Crippen molar-refractivity contribution in [3.63, 3.8) is 0 Å². The minimum Gasteiger partial charge on any atom is -0.381 e. The summed E-state index contributed by atoms with van der Waals surface area (Å²) in [5.74, 6) is 2.73. The number of aryl methyl sites for hydroxylation is 1. The highest BCUT2D eigenvalue weighted by Crippen LogP contribution is 2.41. The van der Waals surface area contributed by atoms with Crippen molar-refractivity contribution in [1.82, 2.24) is 19.5 Å². The topological polar surface area (TPSA) is 81.9 Å². The van der Waals surface area contributed by atoms with Crippen LogP contribution in [-0.2, 0) is 11.3 Å². The van der Waals surface area contributed by atoms with E-state index in [-0.39, 0.29) is 5.56 Å². The number of aromatic nitrogens is 4. The molecule has 41 heavy (non-hydrogen) atoms. The van der Waals surface area contributed by atoms with Gasteiger partial charge in [0.1, 0.15) is 5.65 Å². The predicted octanol–water partition coefficient (Wildman–Crippen LogP) is 7.17. The van der Waals surface area contributed by atoms with Gasteiger partial charge in [0.2, 0.25) is 5.95 Å². The van der Waals surface area contributed by atoms with Crippen molar-refractivity contribution >= 4 is 34.4 Å². The van der Waals surface area contributed by atoms with Gasteiger partial charge in [0.05, 0.1) is 11.3 Å². The van der Waals surface area contributed by atoms with E-state index < -0.39 is 0 Å². The third-order valence-corrected chi connectivity index (χ3v) is 10.2. The van der Waals surface area contributed by atoms with Gasteiger partial charge in [-0.2, -0.15) is 16.7 Å². The normalized spacial score (nSPS) is 19.9. The molecule has 0 spiro atoms. The van der Waals surface area contributed by atoms with E-state index in [0.717, 1.165) is 48.4 Å². The summed E-state index contributed by atoms with van der Waals surface area (Å²) in [5.41, 5.74) is 6.62. The van der Waals surface area contributed by atoms with Crippen molar-refractivity contribution in [3.8, 4) is 11.3 Å². The summed E-state index contributed by atoms with van der Waals surface area (Å²) in [5, 5.41) is 4.81. The lowest BCUT2D eigenvalue weighted by Gasteiger charge is -2.24. The SMILES string of the molecule is Cc1cc(C2CC2)cnc1-c1cc2cnc(Nc3ccc(C4CCCCS4)cc3)nc2n(CC2CCOCC2)c1=O. The smallest absolute Gasteiger partial charge is 0.261 e. The van der Waals surface area contributed by atoms with Gasteiger partial charge in [0, 0.05) is 48.5 Å². The van der Waals surface area contributed by atoms with Gasteiger partial charge in [-0.3, -0.25) is 14.3 Å². The summed E-state index contributed by atoms with van der Waals surface area (Å²) in [6.45, 7) is 4.13. The zero-order valence-corrected chi connectivity index (χ0v) is 24.5. The van der Waals surface area contributed by atoms with Crippen LogP contribution in [-0.4, -0.2) is 38.5 Å². The maximum absolute atomic E-state index is 14.1. The zero-order valence-electron chi connectivity index (χ0n) is 23.6. The molecule has 1 N–H and O–H groups in total. The summed E-state index contributed by atoms with van der Waals surface area (Å²) in [6, 6.07) is 12.8. The van der Waals surface area contributed by atoms with E-state index >= 15 is 0 Å². The lowest BCUT2D eigenvalue weighted by molar-refractivity contribution is 0.0613. The number of hydrogen-bond donors (Lipinski definition) is 1. The van der Waals surface area contributed by atoms with Gasteiger partial charge in [0.25, 0.3) is 5.56 Å². The summed E-state index contributed by atoms with van der Waals surface area (Å²) in [6.07, 6.45) is 12.0. The Morgan fingerprint density at radius 2 is 1.80 bits per heavy atom. The lowest BCUT2D eigenvalue weighted by Crippen LogP contribution is -2.29. The van der Waals surface area contributed by atoms with E-state index in [2.05, 4.69) is 59.3 Å². The summed E-state index contributed by atoms with van der Waals surface area (Å²) < 4.78 is 7.45. The first-order valence-corrected chi connectivity index (χ1v) is 16.1. The van der Waals surface area contributed by atoms with Crippen LogP contribution in [0.2, 0.25) is 0 Å². The molecule has 3 fully saturated rings. The van der Waals surface area contributed by atoms with Gasteiger partial charge in [-0.25, -0.2) is 4.98 Å². The van der Waals surface area contributed by atoms with Gasteiger partial charge < -0.3 is 10.1 Å². The predicted molar refractivity (Wildman–Crippen MR) is 166 cm³/mol. The van der Waals surface area contributed by atoms with Gasteiger partial charge in [-0.05, 0) is 97.9 Å². The molecule has 212 valence electrons. The van der Waals surface area contributed by atoms with Crippen LogP contribution in [0.4, 0.5) is 11.6 Å². The van der Waals surface area contributed by atoms with Gasteiger partial charge in [0.15, 0.2) is 0 Å². The largest absolute Gasteiger partial charge is 0.381 e. The monoisotopic (exact) mass is 567 g/mol. The third kappa shape index (κ3) is 5.77. The van der Waals surface area contributed by atoms with Crippen LogP contribution >= 0.6 is 11.8 Å². The molecule has 1 aromatic carbocycles. The Kier molecular flexibility index (Phi) is 7.52. The summed E-state index contributed by atoms with van der Waals surface area (Å²) in [7, 11) is 0. The fraction of sp³-hybridized carbons (Fsp3) is 0.455. The van der Waals surface area contributed by atoms with Gasteiger partial charge in [-0.15, -0.1) is 0 Å². The molecule has 0 bridgehead atoms. The van der Waals surface area contributed by atoms with Crippen molar-refractivity contribution in [2.45, 2.75) is 69.6 Å². The van der Waals surface area contributed by atoms with Crippen molar-refractivity contribution in [2.24, 2.45) is 5.92 Å². The molecular formula is C33H37N5O2S. The second kappa shape index (κ2) is 11.6. The number of thioether (sulfide) groups is 1. The van der Waals surface area contributed by atoms with E-state index in [0.29, 0.717) is 40.8 Å². The number of benzene rings is 1. The van der Waals surface area contributed by atoms with Crippen LogP contribution in [0.1, 0.15) is 72.8 Å². The van der Waals surface area contributed by atoms with Gasteiger partial charge >= 0.3 is 0 Å². The Labute approximate surface area is 245 Å². The molecule has 2 aliphatic heterocycles. The fourth-order valence-electron chi connectivity index (χ4n) is 6.18. The molecule has 8 heteroatoms.